The van der Waals surface area contributed by atoms with Gasteiger partial charge in [0, 0.05) is 19.1 Å². The summed E-state index contributed by atoms with van der Waals surface area (Å²) in [4.78, 5) is 0. The third-order valence-electron chi connectivity index (χ3n) is 4.25. The molecule has 0 bridgehead atoms. The van der Waals surface area contributed by atoms with Crippen molar-refractivity contribution in [2.24, 2.45) is 5.92 Å². The number of hydrogen-bond donors (Lipinski definition) is 1. The first-order valence-corrected chi connectivity index (χ1v) is 9.64. The molecule has 0 heterocycles. The number of aliphatic hydroxyl groups excluding tert-OH is 1. The Labute approximate surface area is 139 Å². The van der Waals surface area contributed by atoms with Crippen LogP contribution in [-0.4, -0.2) is 24.9 Å². The minimum atomic E-state index is 0.199. The van der Waals surface area contributed by atoms with Crippen molar-refractivity contribution in [1.82, 2.24) is 0 Å². The summed E-state index contributed by atoms with van der Waals surface area (Å²) in [7, 11) is 0. The van der Waals surface area contributed by atoms with E-state index in [1.54, 1.807) is 0 Å². The van der Waals surface area contributed by atoms with Crippen LogP contribution in [-0.2, 0) is 4.74 Å². The molecule has 0 aromatic rings. The summed E-state index contributed by atoms with van der Waals surface area (Å²) in [6.07, 6.45) is 19.2. The summed E-state index contributed by atoms with van der Waals surface area (Å²) in [6.45, 7) is 7.68. The molecule has 2 nitrogen and oxygen atoms in total. The highest BCUT2D eigenvalue weighted by Gasteiger charge is 2.04. The summed E-state index contributed by atoms with van der Waals surface area (Å²) < 4.78 is 5.62. The van der Waals surface area contributed by atoms with E-state index in [1.165, 1.54) is 70.6 Å². The number of hydrogen-bond acceptors (Lipinski definition) is 2. The van der Waals surface area contributed by atoms with Crippen molar-refractivity contribution in [3.05, 3.63) is 12.7 Å². The van der Waals surface area contributed by atoms with Gasteiger partial charge in [-0.2, -0.15) is 0 Å². The van der Waals surface area contributed by atoms with Crippen molar-refractivity contribution in [2.45, 2.75) is 90.4 Å². The highest BCUT2D eigenvalue weighted by atomic mass is 16.5. The number of aliphatic hydroxyl groups is 1. The van der Waals surface area contributed by atoms with Crippen molar-refractivity contribution in [3.8, 4) is 0 Å². The number of allylic oxidation sites excluding steroid dienone is 1. The lowest BCUT2D eigenvalue weighted by Crippen LogP contribution is -2.13. The van der Waals surface area contributed by atoms with E-state index in [9.17, 15) is 0 Å². The SMILES string of the molecule is C=CCC(CO)COCCCCCCCCCCCCCC. The van der Waals surface area contributed by atoms with Crippen molar-refractivity contribution >= 4 is 0 Å². The van der Waals surface area contributed by atoms with Crippen LogP contribution < -0.4 is 0 Å². The minimum absolute atomic E-state index is 0.199. The average Bonchev–Trinajstić information content (AvgIpc) is 2.54. The molecular weight excluding hydrogens is 272 g/mol. The van der Waals surface area contributed by atoms with Crippen molar-refractivity contribution in [2.75, 3.05) is 19.8 Å². The molecule has 0 saturated heterocycles. The molecule has 0 aliphatic rings. The number of unbranched alkanes of at least 4 members (excludes halogenated alkanes) is 11. The molecule has 0 radical (unpaired) electrons. The molecule has 0 fully saturated rings. The first-order valence-electron chi connectivity index (χ1n) is 9.64. The zero-order valence-electron chi connectivity index (χ0n) is 15.0. The minimum Gasteiger partial charge on any atom is -0.396 e. The summed E-state index contributed by atoms with van der Waals surface area (Å²) >= 11 is 0. The van der Waals surface area contributed by atoms with Gasteiger partial charge in [-0.05, 0) is 12.8 Å². The van der Waals surface area contributed by atoms with Crippen LogP contribution in [0.15, 0.2) is 12.7 Å². The molecule has 0 amide bonds. The zero-order valence-corrected chi connectivity index (χ0v) is 15.0. The standard InChI is InChI=1S/C20H40O2/c1-3-5-6-7-8-9-10-11-12-13-14-15-17-22-19-20(18-21)16-4-2/h4,20-21H,2-3,5-19H2,1H3. The fraction of sp³-hybridized carbons (Fsp3) is 0.900. The summed E-state index contributed by atoms with van der Waals surface area (Å²) in [5.74, 6) is 0.231. The molecule has 0 aliphatic heterocycles. The maximum atomic E-state index is 9.13. The van der Waals surface area contributed by atoms with Gasteiger partial charge in [0.2, 0.25) is 0 Å². The molecule has 22 heavy (non-hydrogen) atoms. The van der Waals surface area contributed by atoms with Gasteiger partial charge in [0.05, 0.1) is 6.61 Å². The van der Waals surface area contributed by atoms with Crippen LogP contribution in [0.25, 0.3) is 0 Å². The maximum Gasteiger partial charge on any atom is 0.0519 e. The molecule has 0 aromatic carbocycles. The topological polar surface area (TPSA) is 29.5 Å². The van der Waals surface area contributed by atoms with E-state index in [0.29, 0.717) is 6.61 Å². The van der Waals surface area contributed by atoms with Crippen molar-refractivity contribution in [3.63, 3.8) is 0 Å². The lowest BCUT2D eigenvalue weighted by atomic mass is 10.1. The second-order valence-corrected chi connectivity index (χ2v) is 6.54. The highest BCUT2D eigenvalue weighted by molar-refractivity contribution is 4.72. The molecule has 0 rings (SSSR count). The second-order valence-electron chi connectivity index (χ2n) is 6.54. The molecular formula is C20H40O2. The molecule has 0 saturated carbocycles. The lowest BCUT2D eigenvalue weighted by Gasteiger charge is -2.12. The van der Waals surface area contributed by atoms with Gasteiger partial charge in [0.1, 0.15) is 0 Å². The Hall–Kier alpha value is -0.340. The summed E-state index contributed by atoms with van der Waals surface area (Å²) in [6, 6.07) is 0. The van der Waals surface area contributed by atoms with Crippen molar-refractivity contribution < 1.29 is 9.84 Å². The summed E-state index contributed by atoms with van der Waals surface area (Å²) in [5, 5.41) is 9.13. The molecule has 0 aliphatic carbocycles. The molecule has 0 aromatic heterocycles. The smallest absolute Gasteiger partial charge is 0.0519 e. The van der Waals surface area contributed by atoms with Crippen LogP contribution in [0.5, 0.6) is 0 Å². The molecule has 1 atom stereocenters. The summed E-state index contributed by atoms with van der Waals surface area (Å²) in [5.41, 5.74) is 0. The van der Waals surface area contributed by atoms with Crippen LogP contribution in [0.2, 0.25) is 0 Å². The van der Waals surface area contributed by atoms with E-state index in [-0.39, 0.29) is 12.5 Å². The number of ether oxygens (including phenoxy) is 1. The van der Waals surface area contributed by atoms with Crippen LogP contribution in [0.4, 0.5) is 0 Å². The zero-order chi connectivity index (χ0) is 16.3. The van der Waals surface area contributed by atoms with E-state index in [1.807, 2.05) is 6.08 Å². The maximum absolute atomic E-state index is 9.13. The van der Waals surface area contributed by atoms with Crippen LogP contribution in [0.3, 0.4) is 0 Å². The first-order chi connectivity index (χ1) is 10.8. The van der Waals surface area contributed by atoms with Crippen molar-refractivity contribution in [1.29, 1.82) is 0 Å². The molecule has 2 heteroatoms. The fourth-order valence-corrected chi connectivity index (χ4v) is 2.73. The largest absolute Gasteiger partial charge is 0.396 e. The highest BCUT2D eigenvalue weighted by Crippen LogP contribution is 2.12. The Balaban J connectivity index is 3.09. The van der Waals surface area contributed by atoms with Gasteiger partial charge in [-0.25, -0.2) is 0 Å². The van der Waals surface area contributed by atoms with Gasteiger partial charge in [-0.1, -0.05) is 83.6 Å². The molecule has 1 unspecified atom stereocenters. The van der Waals surface area contributed by atoms with Crippen LogP contribution >= 0.6 is 0 Å². The van der Waals surface area contributed by atoms with Gasteiger partial charge in [0.15, 0.2) is 0 Å². The normalized spacial score (nSPS) is 12.5. The van der Waals surface area contributed by atoms with Gasteiger partial charge < -0.3 is 9.84 Å². The Kier molecular flexibility index (Phi) is 18.4. The van der Waals surface area contributed by atoms with Gasteiger partial charge >= 0.3 is 0 Å². The Morgan fingerprint density at radius 1 is 0.864 bits per heavy atom. The van der Waals surface area contributed by atoms with Gasteiger partial charge in [-0.15, -0.1) is 6.58 Å². The lowest BCUT2D eigenvalue weighted by molar-refractivity contribution is 0.0717. The quantitative estimate of drug-likeness (QED) is 0.253. The molecule has 1 N–H and O–H groups in total. The number of rotatable bonds is 18. The predicted octanol–water partition coefficient (Wildman–Crippen LogP) is 5.89. The molecule has 132 valence electrons. The van der Waals surface area contributed by atoms with E-state index in [2.05, 4.69) is 13.5 Å². The Morgan fingerprint density at radius 3 is 1.82 bits per heavy atom. The third-order valence-corrected chi connectivity index (χ3v) is 4.25. The predicted molar refractivity (Wildman–Crippen MR) is 97.3 cm³/mol. The van der Waals surface area contributed by atoms with E-state index < -0.39 is 0 Å². The Bertz CT molecular complexity index is 216. The van der Waals surface area contributed by atoms with E-state index in [4.69, 9.17) is 9.84 Å². The van der Waals surface area contributed by atoms with E-state index in [0.717, 1.165) is 19.4 Å². The van der Waals surface area contributed by atoms with Crippen LogP contribution in [0.1, 0.15) is 90.4 Å². The molecule has 0 spiro atoms. The van der Waals surface area contributed by atoms with Crippen LogP contribution in [0, 0.1) is 5.92 Å². The monoisotopic (exact) mass is 312 g/mol. The van der Waals surface area contributed by atoms with Gasteiger partial charge in [-0.3, -0.25) is 0 Å². The Morgan fingerprint density at radius 2 is 1.36 bits per heavy atom. The average molecular weight is 313 g/mol. The third kappa shape index (κ3) is 16.0. The second kappa shape index (κ2) is 18.7. The fourth-order valence-electron chi connectivity index (χ4n) is 2.73. The first kappa shape index (κ1) is 21.7. The van der Waals surface area contributed by atoms with E-state index >= 15 is 0 Å². The van der Waals surface area contributed by atoms with Gasteiger partial charge in [0.25, 0.3) is 0 Å².